The summed E-state index contributed by atoms with van der Waals surface area (Å²) in [5.41, 5.74) is 2.71. The predicted octanol–water partition coefficient (Wildman–Crippen LogP) is 3.96. The second kappa shape index (κ2) is 5.82. The highest BCUT2D eigenvalue weighted by atomic mass is 19.4. The molecule has 0 bridgehead atoms. The average Bonchev–Trinajstić information content (AvgIpc) is 2.94. The van der Waals surface area contributed by atoms with Gasteiger partial charge in [0.1, 0.15) is 0 Å². The molecule has 2 unspecified atom stereocenters. The van der Waals surface area contributed by atoms with Crippen molar-refractivity contribution in [2.24, 2.45) is 11.8 Å². The SMILES string of the molecule is O=C(Nc1ccc2c(c1)CCN2)C1CCCCC1C(F)(F)F. The Morgan fingerprint density at radius 3 is 2.77 bits per heavy atom. The third-order valence-corrected chi connectivity index (χ3v) is 4.61. The van der Waals surface area contributed by atoms with E-state index < -0.39 is 23.9 Å². The zero-order chi connectivity index (χ0) is 15.7. The van der Waals surface area contributed by atoms with E-state index in [4.69, 9.17) is 0 Å². The summed E-state index contributed by atoms with van der Waals surface area (Å²) in [6.07, 6.45) is -1.85. The molecule has 1 amide bonds. The summed E-state index contributed by atoms with van der Waals surface area (Å²) in [5.74, 6) is -2.99. The van der Waals surface area contributed by atoms with Crippen LogP contribution < -0.4 is 10.6 Å². The van der Waals surface area contributed by atoms with Crippen molar-refractivity contribution >= 4 is 17.3 Å². The van der Waals surface area contributed by atoms with Crippen LogP contribution in [0.5, 0.6) is 0 Å². The molecule has 6 heteroatoms. The molecule has 1 aliphatic heterocycles. The standard InChI is InChI=1S/C16H19F3N2O/c17-16(18,19)13-4-2-1-3-12(13)15(22)21-11-5-6-14-10(9-11)7-8-20-14/h5-6,9,12-13,20H,1-4,7-8H2,(H,21,22). The molecule has 0 radical (unpaired) electrons. The minimum atomic E-state index is -4.30. The molecule has 120 valence electrons. The first-order valence-corrected chi connectivity index (χ1v) is 7.69. The Morgan fingerprint density at radius 1 is 1.23 bits per heavy atom. The monoisotopic (exact) mass is 312 g/mol. The van der Waals surface area contributed by atoms with Gasteiger partial charge in [-0.05, 0) is 43.0 Å². The summed E-state index contributed by atoms with van der Waals surface area (Å²) in [6.45, 7) is 0.853. The van der Waals surface area contributed by atoms with Gasteiger partial charge in [0, 0.05) is 23.8 Å². The third-order valence-electron chi connectivity index (χ3n) is 4.61. The highest BCUT2D eigenvalue weighted by molar-refractivity contribution is 5.93. The number of anilines is 2. The van der Waals surface area contributed by atoms with Gasteiger partial charge in [0.2, 0.25) is 5.91 Å². The molecule has 1 aliphatic carbocycles. The lowest BCUT2D eigenvalue weighted by molar-refractivity contribution is -0.197. The lowest BCUT2D eigenvalue weighted by Gasteiger charge is -2.32. The maximum atomic E-state index is 13.1. The van der Waals surface area contributed by atoms with Gasteiger partial charge in [-0.15, -0.1) is 0 Å². The van der Waals surface area contributed by atoms with Gasteiger partial charge in [-0.2, -0.15) is 13.2 Å². The normalized spacial score (nSPS) is 24.5. The minimum absolute atomic E-state index is 0.0513. The average molecular weight is 312 g/mol. The zero-order valence-corrected chi connectivity index (χ0v) is 12.2. The van der Waals surface area contributed by atoms with Crippen LogP contribution in [0.4, 0.5) is 24.5 Å². The van der Waals surface area contributed by atoms with E-state index in [-0.39, 0.29) is 6.42 Å². The van der Waals surface area contributed by atoms with Crippen molar-refractivity contribution in [1.82, 2.24) is 0 Å². The second-order valence-corrected chi connectivity index (χ2v) is 6.08. The van der Waals surface area contributed by atoms with Crippen LogP contribution in [0.15, 0.2) is 18.2 Å². The Bertz CT molecular complexity index is 571. The molecule has 0 spiro atoms. The third kappa shape index (κ3) is 3.05. The zero-order valence-electron chi connectivity index (χ0n) is 12.2. The fourth-order valence-corrected chi connectivity index (χ4v) is 3.45. The molecule has 1 saturated carbocycles. The van der Waals surface area contributed by atoms with Crippen molar-refractivity contribution in [1.29, 1.82) is 0 Å². The van der Waals surface area contributed by atoms with Crippen LogP contribution in [0.25, 0.3) is 0 Å². The molecule has 1 aromatic carbocycles. The Labute approximate surface area is 127 Å². The number of halogens is 3. The summed E-state index contributed by atoms with van der Waals surface area (Å²) in [5, 5.41) is 5.89. The number of hydrogen-bond donors (Lipinski definition) is 2. The molecule has 3 nitrogen and oxygen atoms in total. The number of carbonyl (C=O) groups is 1. The Hall–Kier alpha value is -1.72. The molecule has 0 aromatic heterocycles. The number of rotatable bonds is 2. The maximum absolute atomic E-state index is 13.1. The van der Waals surface area contributed by atoms with E-state index in [9.17, 15) is 18.0 Å². The van der Waals surface area contributed by atoms with Crippen LogP contribution in [-0.4, -0.2) is 18.6 Å². The minimum Gasteiger partial charge on any atom is -0.384 e. The van der Waals surface area contributed by atoms with Gasteiger partial charge in [-0.25, -0.2) is 0 Å². The van der Waals surface area contributed by atoms with Crippen molar-refractivity contribution < 1.29 is 18.0 Å². The number of benzene rings is 1. The molecular formula is C16H19F3N2O. The summed E-state index contributed by atoms with van der Waals surface area (Å²) in [6, 6.07) is 5.44. The van der Waals surface area contributed by atoms with Gasteiger partial charge >= 0.3 is 6.18 Å². The largest absolute Gasteiger partial charge is 0.392 e. The van der Waals surface area contributed by atoms with Crippen molar-refractivity contribution in [2.75, 3.05) is 17.2 Å². The molecule has 3 rings (SSSR count). The first kappa shape index (κ1) is 15.2. The molecule has 2 aliphatic rings. The van der Waals surface area contributed by atoms with E-state index in [1.807, 2.05) is 12.1 Å². The van der Waals surface area contributed by atoms with E-state index in [1.165, 1.54) is 0 Å². The van der Waals surface area contributed by atoms with Crippen LogP contribution in [0.3, 0.4) is 0 Å². The fraction of sp³-hybridized carbons (Fsp3) is 0.562. The Kier molecular flexibility index (Phi) is 4.02. The maximum Gasteiger partial charge on any atom is 0.392 e. The molecule has 1 aromatic rings. The van der Waals surface area contributed by atoms with Crippen LogP contribution in [0, 0.1) is 11.8 Å². The van der Waals surface area contributed by atoms with E-state index in [0.29, 0.717) is 24.9 Å². The molecule has 2 atom stereocenters. The lowest BCUT2D eigenvalue weighted by atomic mass is 9.78. The van der Waals surface area contributed by atoms with Gasteiger partial charge in [0.25, 0.3) is 0 Å². The number of hydrogen-bond acceptors (Lipinski definition) is 2. The Morgan fingerprint density at radius 2 is 2.00 bits per heavy atom. The smallest absolute Gasteiger partial charge is 0.384 e. The van der Waals surface area contributed by atoms with Crippen LogP contribution in [-0.2, 0) is 11.2 Å². The number of fused-ring (bicyclic) bond motifs is 1. The molecule has 1 fully saturated rings. The summed E-state index contributed by atoms with van der Waals surface area (Å²) in [7, 11) is 0. The van der Waals surface area contributed by atoms with Crippen molar-refractivity contribution in [3.8, 4) is 0 Å². The first-order valence-electron chi connectivity index (χ1n) is 7.69. The summed E-state index contributed by atoms with van der Waals surface area (Å²) >= 11 is 0. The van der Waals surface area contributed by atoms with Crippen LogP contribution >= 0.6 is 0 Å². The number of alkyl halides is 3. The van der Waals surface area contributed by atoms with Gasteiger partial charge in [0.15, 0.2) is 0 Å². The quantitative estimate of drug-likeness (QED) is 0.868. The van der Waals surface area contributed by atoms with Crippen molar-refractivity contribution in [3.63, 3.8) is 0 Å². The number of carbonyl (C=O) groups excluding carboxylic acids is 1. The van der Waals surface area contributed by atoms with Gasteiger partial charge in [-0.1, -0.05) is 12.8 Å². The number of nitrogens with one attached hydrogen (secondary N) is 2. The second-order valence-electron chi connectivity index (χ2n) is 6.08. The van der Waals surface area contributed by atoms with Crippen LogP contribution in [0.1, 0.15) is 31.2 Å². The summed E-state index contributed by atoms with van der Waals surface area (Å²) < 4.78 is 39.2. The van der Waals surface area contributed by atoms with E-state index in [1.54, 1.807) is 6.07 Å². The van der Waals surface area contributed by atoms with Gasteiger partial charge < -0.3 is 10.6 Å². The van der Waals surface area contributed by atoms with Crippen molar-refractivity contribution in [3.05, 3.63) is 23.8 Å². The first-order chi connectivity index (χ1) is 10.4. The van der Waals surface area contributed by atoms with Crippen LogP contribution in [0.2, 0.25) is 0 Å². The molecular weight excluding hydrogens is 293 g/mol. The van der Waals surface area contributed by atoms with E-state index in [2.05, 4.69) is 10.6 Å². The Balaban J connectivity index is 1.72. The van der Waals surface area contributed by atoms with Gasteiger partial charge in [-0.3, -0.25) is 4.79 Å². The van der Waals surface area contributed by atoms with E-state index >= 15 is 0 Å². The molecule has 22 heavy (non-hydrogen) atoms. The van der Waals surface area contributed by atoms with Gasteiger partial charge in [0.05, 0.1) is 5.92 Å². The molecule has 2 N–H and O–H groups in total. The van der Waals surface area contributed by atoms with Crippen molar-refractivity contribution in [2.45, 2.75) is 38.3 Å². The predicted molar refractivity (Wildman–Crippen MR) is 78.8 cm³/mol. The fourth-order valence-electron chi connectivity index (χ4n) is 3.45. The highest BCUT2D eigenvalue weighted by Crippen LogP contribution is 2.42. The highest BCUT2D eigenvalue weighted by Gasteiger charge is 2.48. The molecule has 0 saturated heterocycles. The topological polar surface area (TPSA) is 41.1 Å². The molecule has 1 heterocycles. The lowest BCUT2D eigenvalue weighted by Crippen LogP contribution is -2.39. The summed E-state index contributed by atoms with van der Waals surface area (Å²) in [4.78, 5) is 12.3. The number of amides is 1. The van der Waals surface area contributed by atoms with E-state index in [0.717, 1.165) is 24.2 Å².